The van der Waals surface area contributed by atoms with Gasteiger partial charge in [-0.15, -0.1) is 11.3 Å². The lowest BCUT2D eigenvalue weighted by molar-refractivity contribution is -0.115. The van der Waals surface area contributed by atoms with Gasteiger partial charge >= 0.3 is 0 Å². The van der Waals surface area contributed by atoms with E-state index in [0.29, 0.717) is 18.0 Å². The number of ether oxygens (including phenoxy) is 2. The molecule has 0 saturated heterocycles. The van der Waals surface area contributed by atoms with Crippen LogP contribution >= 0.6 is 11.3 Å². The number of imidazole rings is 1. The van der Waals surface area contributed by atoms with Crippen LogP contribution in [0.15, 0.2) is 29.9 Å². The number of anilines is 1. The van der Waals surface area contributed by atoms with Gasteiger partial charge in [-0.25, -0.2) is 4.98 Å². The number of aromatic nitrogens is 2. The van der Waals surface area contributed by atoms with E-state index in [4.69, 9.17) is 9.47 Å². The molecule has 0 spiro atoms. The Balaban J connectivity index is 1.53. The second kappa shape index (κ2) is 6.40. The molecule has 0 fully saturated rings. The number of benzene rings is 1. The van der Waals surface area contributed by atoms with Crippen LogP contribution in [0.1, 0.15) is 25.1 Å². The lowest BCUT2D eigenvalue weighted by Gasteiger charge is -2.13. The maximum Gasteiger partial charge on any atom is 0.230 e. The normalized spacial score (nSPS) is 15.8. The smallest absolute Gasteiger partial charge is 0.230 e. The van der Waals surface area contributed by atoms with Crippen LogP contribution in [-0.2, 0) is 17.6 Å². The van der Waals surface area contributed by atoms with Crippen molar-refractivity contribution in [1.29, 1.82) is 0 Å². The minimum absolute atomic E-state index is 0.127. The molecule has 0 radical (unpaired) electrons. The fourth-order valence-electron chi connectivity index (χ4n) is 3.03. The van der Waals surface area contributed by atoms with Crippen LogP contribution in [0.5, 0.6) is 11.5 Å². The Hall–Kier alpha value is -2.54. The second-order valence-electron chi connectivity index (χ2n) is 6.07. The number of fused-ring (bicyclic) bond motifs is 2. The van der Waals surface area contributed by atoms with Crippen molar-refractivity contribution in [2.75, 3.05) is 11.9 Å². The Kier molecular flexibility index (Phi) is 4.09. The van der Waals surface area contributed by atoms with Crippen molar-refractivity contribution in [2.24, 2.45) is 0 Å². The highest BCUT2D eigenvalue weighted by atomic mass is 32.1. The van der Waals surface area contributed by atoms with Crippen molar-refractivity contribution in [3.8, 4) is 11.5 Å². The molecule has 4 rings (SSSR count). The molecule has 1 aliphatic rings. The molecule has 130 valence electrons. The molecule has 1 aliphatic heterocycles. The molecule has 1 amide bonds. The molecular weight excluding hydrogens is 338 g/mol. The quantitative estimate of drug-likeness (QED) is 0.761. The van der Waals surface area contributed by atoms with E-state index in [9.17, 15) is 4.79 Å². The number of rotatable bonds is 5. The largest absolute Gasteiger partial charge is 0.492 e. The minimum Gasteiger partial charge on any atom is -0.492 e. The number of carbonyl (C=O) groups is 1. The first-order valence-corrected chi connectivity index (χ1v) is 9.17. The Morgan fingerprint density at radius 1 is 1.52 bits per heavy atom. The number of hydrogen-bond donors (Lipinski definition) is 1. The van der Waals surface area contributed by atoms with Gasteiger partial charge in [-0.3, -0.25) is 9.20 Å². The number of carbonyl (C=O) groups excluding carboxylic acids is 1. The summed E-state index contributed by atoms with van der Waals surface area (Å²) in [5, 5.41) is 4.90. The molecule has 7 heteroatoms. The summed E-state index contributed by atoms with van der Waals surface area (Å²) in [6, 6.07) is 3.82. The molecule has 3 heterocycles. The van der Waals surface area contributed by atoms with Gasteiger partial charge in [-0.2, -0.15) is 0 Å². The van der Waals surface area contributed by atoms with E-state index in [2.05, 4.69) is 10.3 Å². The summed E-state index contributed by atoms with van der Waals surface area (Å²) in [4.78, 5) is 17.8. The molecule has 25 heavy (non-hydrogen) atoms. The third kappa shape index (κ3) is 3.19. The van der Waals surface area contributed by atoms with Crippen molar-refractivity contribution in [3.05, 3.63) is 41.2 Å². The molecule has 0 aliphatic carbocycles. The average molecular weight is 357 g/mol. The number of thiazole rings is 1. The van der Waals surface area contributed by atoms with E-state index in [-0.39, 0.29) is 18.4 Å². The van der Waals surface area contributed by atoms with Crippen LogP contribution in [0, 0.1) is 0 Å². The number of nitrogens with one attached hydrogen (secondary N) is 1. The van der Waals surface area contributed by atoms with Gasteiger partial charge in [0.05, 0.1) is 24.4 Å². The van der Waals surface area contributed by atoms with E-state index in [0.717, 1.165) is 28.4 Å². The third-order valence-electron chi connectivity index (χ3n) is 4.06. The van der Waals surface area contributed by atoms with Crippen molar-refractivity contribution in [1.82, 2.24) is 9.38 Å². The van der Waals surface area contributed by atoms with Crippen molar-refractivity contribution in [2.45, 2.75) is 32.8 Å². The third-order valence-corrected chi connectivity index (χ3v) is 4.83. The zero-order chi connectivity index (χ0) is 17.4. The molecule has 3 aromatic rings. The molecule has 0 bridgehead atoms. The first-order valence-electron chi connectivity index (χ1n) is 8.29. The summed E-state index contributed by atoms with van der Waals surface area (Å²) in [5.74, 6) is 1.37. The minimum atomic E-state index is -0.127. The van der Waals surface area contributed by atoms with Crippen molar-refractivity contribution >= 4 is 27.9 Å². The van der Waals surface area contributed by atoms with E-state index in [1.165, 1.54) is 0 Å². The van der Waals surface area contributed by atoms with Gasteiger partial charge in [0.25, 0.3) is 0 Å². The highest BCUT2D eigenvalue weighted by molar-refractivity contribution is 7.15. The molecule has 6 nitrogen and oxygen atoms in total. The van der Waals surface area contributed by atoms with Crippen LogP contribution in [0.4, 0.5) is 5.69 Å². The predicted molar refractivity (Wildman–Crippen MR) is 96.8 cm³/mol. The predicted octanol–water partition coefficient (Wildman–Crippen LogP) is 3.30. The Labute approximate surface area is 149 Å². The summed E-state index contributed by atoms with van der Waals surface area (Å²) in [6.45, 7) is 4.49. The van der Waals surface area contributed by atoms with Crippen LogP contribution in [-0.4, -0.2) is 28.0 Å². The van der Waals surface area contributed by atoms with Gasteiger partial charge in [0, 0.05) is 35.8 Å². The maximum absolute atomic E-state index is 12.4. The second-order valence-corrected chi connectivity index (χ2v) is 6.94. The van der Waals surface area contributed by atoms with Crippen LogP contribution in [0.3, 0.4) is 0 Å². The molecular formula is C18H19N3O3S. The molecule has 2 aromatic heterocycles. The summed E-state index contributed by atoms with van der Waals surface area (Å²) in [5.41, 5.74) is 2.50. The van der Waals surface area contributed by atoms with Gasteiger partial charge in [0.2, 0.25) is 5.91 Å². The zero-order valence-electron chi connectivity index (χ0n) is 14.1. The van der Waals surface area contributed by atoms with E-state index in [1.807, 2.05) is 48.2 Å². The fraction of sp³-hybridized carbons (Fsp3) is 0.333. The van der Waals surface area contributed by atoms with Crippen LogP contribution < -0.4 is 14.8 Å². The number of hydrogen-bond acceptors (Lipinski definition) is 5. The highest BCUT2D eigenvalue weighted by Gasteiger charge is 2.22. The zero-order valence-corrected chi connectivity index (χ0v) is 14.9. The maximum atomic E-state index is 12.4. The van der Waals surface area contributed by atoms with Crippen molar-refractivity contribution in [3.63, 3.8) is 0 Å². The number of nitrogens with zero attached hydrogens (tertiary/aromatic N) is 2. The van der Waals surface area contributed by atoms with Gasteiger partial charge in [-0.05, 0) is 19.9 Å². The lowest BCUT2D eigenvalue weighted by atomic mass is 10.1. The Morgan fingerprint density at radius 2 is 2.40 bits per heavy atom. The van der Waals surface area contributed by atoms with E-state index in [1.54, 1.807) is 11.3 Å². The lowest BCUT2D eigenvalue weighted by Crippen LogP contribution is -2.15. The molecule has 1 atom stereocenters. The van der Waals surface area contributed by atoms with Gasteiger partial charge in [-0.1, -0.05) is 0 Å². The molecule has 1 aromatic carbocycles. The summed E-state index contributed by atoms with van der Waals surface area (Å²) in [7, 11) is 0. The number of amides is 1. The Bertz CT molecular complexity index is 902. The monoisotopic (exact) mass is 357 g/mol. The van der Waals surface area contributed by atoms with Crippen molar-refractivity contribution < 1.29 is 14.3 Å². The first kappa shape index (κ1) is 16.0. The van der Waals surface area contributed by atoms with Crippen LogP contribution in [0.25, 0.3) is 4.96 Å². The van der Waals surface area contributed by atoms with Gasteiger partial charge < -0.3 is 14.8 Å². The summed E-state index contributed by atoms with van der Waals surface area (Å²) in [6.07, 6.45) is 5.03. The highest BCUT2D eigenvalue weighted by Crippen LogP contribution is 2.38. The fourth-order valence-corrected chi connectivity index (χ4v) is 3.75. The standard InChI is InChI=1S/C18H19N3O3S/c1-3-23-16-7-12-6-11(2)24-15(12)9-14(16)20-17(22)8-13-10-21-4-5-25-18(21)19-13/h4-5,7,9-11H,3,6,8H2,1-2H3,(H,20,22). The molecule has 0 saturated carbocycles. The average Bonchev–Trinajstić information content (AvgIpc) is 3.21. The van der Waals surface area contributed by atoms with Gasteiger partial charge in [0.15, 0.2) is 4.96 Å². The van der Waals surface area contributed by atoms with E-state index >= 15 is 0 Å². The molecule has 1 unspecified atom stereocenters. The van der Waals surface area contributed by atoms with E-state index < -0.39 is 0 Å². The molecule has 1 N–H and O–H groups in total. The van der Waals surface area contributed by atoms with Gasteiger partial charge in [0.1, 0.15) is 17.6 Å². The summed E-state index contributed by atoms with van der Waals surface area (Å²) >= 11 is 1.55. The Morgan fingerprint density at radius 3 is 3.20 bits per heavy atom. The summed E-state index contributed by atoms with van der Waals surface area (Å²) < 4.78 is 13.4. The first-order chi connectivity index (χ1) is 12.1. The SMILES string of the molecule is CCOc1cc2c(cc1NC(=O)Cc1cn3ccsc3n1)OC(C)C2. The topological polar surface area (TPSA) is 64.9 Å². The van der Waals surface area contributed by atoms with Crippen LogP contribution in [0.2, 0.25) is 0 Å².